The van der Waals surface area contributed by atoms with Crippen LogP contribution in [-0.4, -0.2) is 18.0 Å². The van der Waals surface area contributed by atoms with Crippen LogP contribution in [0.5, 0.6) is 0 Å². The minimum atomic E-state index is -0.270. The van der Waals surface area contributed by atoms with Crippen molar-refractivity contribution in [1.29, 1.82) is 0 Å². The average Bonchev–Trinajstić information content (AvgIpc) is 3.02. The van der Waals surface area contributed by atoms with Crippen LogP contribution in [0.15, 0.2) is 12.1 Å². The first kappa shape index (κ1) is 11.9. The molecule has 1 fully saturated rings. The minimum Gasteiger partial charge on any atom is -0.345 e. The molecule has 5 heteroatoms. The lowest BCUT2D eigenvalue weighted by atomic mass is 9.96. The molecule has 1 saturated carbocycles. The molecule has 1 unspecified atom stereocenters. The smallest absolute Gasteiger partial charge is 0.261 e. The highest BCUT2D eigenvalue weighted by molar-refractivity contribution is 7.18. The standard InChI is InChI=1S/C11H15ClN2OS/c1-11(6-13,7-2-3-7)14-10(15)8-4-5-9(12)16-8/h4-5,7H,2-3,6,13H2,1H3,(H,14,15). The number of hydrogen-bond acceptors (Lipinski definition) is 3. The topological polar surface area (TPSA) is 55.1 Å². The van der Waals surface area contributed by atoms with E-state index in [1.165, 1.54) is 11.3 Å². The first-order valence-corrected chi connectivity index (χ1v) is 6.52. The molecule has 0 saturated heterocycles. The van der Waals surface area contributed by atoms with Gasteiger partial charge in [0.1, 0.15) is 0 Å². The second kappa shape index (κ2) is 4.35. The summed E-state index contributed by atoms with van der Waals surface area (Å²) in [5, 5.41) is 3.02. The third-order valence-corrected chi connectivity index (χ3v) is 4.33. The van der Waals surface area contributed by atoms with Crippen LogP contribution in [0.2, 0.25) is 4.34 Å². The lowest BCUT2D eigenvalue weighted by Gasteiger charge is -2.29. The second-order valence-electron chi connectivity index (χ2n) is 4.45. The first-order valence-electron chi connectivity index (χ1n) is 5.33. The van der Waals surface area contributed by atoms with Gasteiger partial charge in [-0.1, -0.05) is 11.6 Å². The zero-order valence-electron chi connectivity index (χ0n) is 9.13. The van der Waals surface area contributed by atoms with Crippen molar-refractivity contribution in [3.05, 3.63) is 21.3 Å². The largest absolute Gasteiger partial charge is 0.345 e. The third-order valence-electron chi connectivity index (χ3n) is 3.10. The highest BCUT2D eigenvalue weighted by atomic mass is 35.5. The maximum absolute atomic E-state index is 11.9. The van der Waals surface area contributed by atoms with E-state index in [0.717, 1.165) is 12.8 Å². The van der Waals surface area contributed by atoms with Crippen molar-refractivity contribution >= 4 is 28.8 Å². The van der Waals surface area contributed by atoms with Crippen LogP contribution in [-0.2, 0) is 0 Å². The van der Waals surface area contributed by atoms with Crippen LogP contribution < -0.4 is 11.1 Å². The number of nitrogens with two attached hydrogens (primary N) is 1. The molecule has 0 bridgehead atoms. The zero-order valence-corrected chi connectivity index (χ0v) is 10.7. The lowest BCUT2D eigenvalue weighted by molar-refractivity contribution is 0.0902. The van der Waals surface area contributed by atoms with Gasteiger partial charge in [0.25, 0.3) is 5.91 Å². The van der Waals surface area contributed by atoms with Crippen molar-refractivity contribution in [2.45, 2.75) is 25.3 Å². The Bertz CT molecular complexity index is 402. The number of halogens is 1. The molecule has 0 aromatic carbocycles. The highest BCUT2D eigenvalue weighted by Crippen LogP contribution is 2.39. The molecular formula is C11H15ClN2OS. The zero-order chi connectivity index (χ0) is 11.8. The first-order chi connectivity index (χ1) is 7.55. The summed E-state index contributed by atoms with van der Waals surface area (Å²) < 4.78 is 0.631. The molecule has 16 heavy (non-hydrogen) atoms. The Morgan fingerprint density at radius 3 is 2.81 bits per heavy atom. The number of rotatable bonds is 4. The molecule has 2 rings (SSSR count). The van der Waals surface area contributed by atoms with E-state index < -0.39 is 0 Å². The predicted octanol–water partition coefficient (Wildman–Crippen LogP) is 2.26. The normalized spacial score (nSPS) is 19.2. The Morgan fingerprint density at radius 1 is 1.69 bits per heavy atom. The van der Waals surface area contributed by atoms with E-state index in [4.69, 9.17) is 17.3 Å². The van der Waals surface area contributed by atoms with Crippen molar-refractivity contribution in [3.8, 4) is 0 Å². The summed E-state index contributed by atoms with van der Waals surface area (Å²) in [6, 6.07) is 3.48. The Hall–Kier alpha value is -0.580. The van der Waals surface area contributed by atoms with Crippen LogP contribution in [0.3, 0.4) is 0 Å². The average molecular weight is 259 g/mol. The van der Waals surface area contributed by atoms with E-state index in [-0.39, 0.29) is 11.4 Å². The molecular weight excluding hydrogens is 244 g/mol. The molecule has 0 aliphatic heterocycles. The molecule has 1 amide bonds. The molecule has 1 aromatic heterocycles. The van der Waals surface area contributed by atoms with Gasteiger partial charge in [-0.2, -0.15) is 0 Å². The third kappa shape index (κ3) is 2.39. The summed E-state index contributed by atoms with van der Waals surface area (Å²) in [6.07, 6.45) is 2.30. The van der Waals surface area contributed by atoms with Crippen LogP contribution >= 0.6 is 22.9 Å². The van der Waals surface area contributed by atoms with E-state index in [1.54, 1.807) is 12.1 Å². The molecule has 0 radical (unpaired) electrons. The molecule has 1 heterocycles. The van der Waals surface area contributed by atoms with Gasteiger partial charge < -0.3 is 11.1 Å². The summed E-state index contributed by atoms with van der Waals surface area (Å²) in [6.45, 7) is 2.49. The maximum atomic E-state index is 11.9. The van der Waals surface area contributed by atoms with Crippen molar-refractivity contribution in [2.75, 3.05) is 6.54 Å². The molecule has 3 N–H and O–H groups in total. The van der Waals surface area contributed by atoms with Gasteiger partial charge in [-0.25, -0.2) is 0 Å². The van der Waals surface area contributed by atoms with Gasteiger partial charge in [-0.05, 0) is 37.8 Å². The number of thiophene rings is 1. The van der Waals surface area contributed by atoms with E-state index in [1.807, 2.05) is 6.92 Å². The fourth-order valence-electron chi connectivity index (χ4n) is 1.80. The van der Waals surface area contributed by atoms with E-state index in [9.17, 15) is 4.79 Å². The summed E-state index contributed by atoms with van der Waals surface area (Å²) >= 11 is 7.09. The Morgan fingerprint density at radius 2 is 2.38 bits per heavy atom. The van der Waals surface area contributed by atoms with Crippen LogP contribution in [0.1, 0.15) is 29.4 Å². The van der Waals surface area contributed by atoms with E-state index in [2.05, 4.69) is 5.32 Å². The number of nitrogens with one attached hydrogen (secondary N) is 1. The maximum Gasteiger partial charge on any atom is 0.261 e. The Labute approximate surface area is 104 Å². The second-order valence-corrected chi connectivity index (χ2v) is 6.17. The summed E-state index contributed by atoms with van der Waals surface area (Å²) in [5.41, 5.74) is 5.47. The highest BCUT2D eigenvalue weighted by Gasteiger charge is 2.41. The number of carbonyl (C=O) groups excluding carboxylic acids is 1. The van der Waals surface area contributed by atoms with Gasteiger partial charge in [0, 0.05) is 6.54 Å². The Balaban J connectivity index is 2.06. The van der Waals surface area contributed by atoms with Gasteiger partial charge in [0.05, 0.1) is 14.8 Å². The van der Waals surface area contributed by atoms with Crippen molar-refractivity contribution < 1.29 is 4.79 Å². The number of carbonyl (C=O) groups is 1. The molecule has 1 aliphatic rings. The van der Waals surface area contributed by atoms with Gasteiger partial charge in [0.15, 0.2) is 0 Å². The lowest BCUT2D eigenvalue weighted by Crippen LogP contribution is -2.53. The van der Waals surface area contributed by atoms with Crippen molar-refractivity contribution in [1.82, 2.24) is 5.32 Å². The summed E-state index contributed by atoms with van der Waals surface area (Å²) in [7, 11) is 0. The van der Waals surface area contributed by atoms with Crippen molar-refractivity contribution in [2.24, 2.45) is 11.7 Å². The van der Waals surface area contributed by atoms with E-state index in [0.29, 0.717) is 21.7 Å². The molecule has 1 aromatic rings. The minimum absolute atomic E-state index is 0.0725. The molecule has 3 nitrogen and oxygen atoms in total. The molecule has 1 aliphatic carbocycles. The number of amides is 1. The van der Waals surface area contributed by atoms with Gasteiger partial charge in [-0.3, -0.25) is 4.79 Å². The summed E-state index contributed by atoms with van der Waals surface area (Å²) in [4.78, 5) is 12.6. The van der Waals surface area contributed by atoms with Gasteiger partial charge >= 0.3 is 0 Å². The van der Waals surface area contributed by atoms with Crippen LogP contribution in [0.25, 0.3) is 0 Å². The van der Waals surface area contributed by atoms with Gasteiger partial charge in [0.2, 0.25) is 0 Å². The van der Waals surface area contributed by atoms with Crippen LogP contribution in [0.4, 0.5) is 0 Å². The van der Waals surface area contributed by atoms with Crippen molar-refractivity contribution in [3.63, 3.8) is 0 Å². The van der Waals surface area contributed by atoms with Crippen LogP contribution in [0, 0.1) is 5.92 Å². The van der Waals surface area contributed by atoms with Gasteiger partial charge in [-0.15, -0.1) is 11.3 Å². The monoisotopic (exact) mass is 258 g/mol. The molecule has 0 spiro atoms. The quantitative estimate of drug-likeness (QED) is 0.870. The number of hydrogen-bond donors (Lipinski definition) is 2. The fourth-order valence-corrected chi connectivity index (χ4v) is 2.74. The fraction of sp³-hybridized carbons (Fsp3) is 0.545. The predicted molar refractivity (Wildman–Crippen MR) is 67.0 cm³/mol. The molecule has 88 valence electrons. The Kier molecular flexibility index (Phi) is 3.24. The summed E-state index contributed by atoms with van der Waals surface area (Å²) in [5.74, 6) is 0.452. The van der Waals surface area contributed by atoms with E-state index >= 15 is 0 Å². The SMILES string of the molecule is CC(CN)(NC(=O)c1ccc(Cl)s1)C1CC1. The molecule has 1 atom stereocenters.